The van der Waals surface area contributed by atoms with Crippen molar-refractivity contribution in [3.8, 4) is 0 Å². The van der Waals surface area contributed by atoms with Crippen LogP contribution in [0.15, 0.2) is 65.6 Å². The highest BCUT2D eigenvalue weighted by molar-refractivity contribution is 8.00. The number of β-lactam (4-membered cyclic amide) rings is 1. The Labute approximate surface area is 181 Å². The Bertz CT molecular complexity index is 820. The lowest BCUT2D eigenvalue weighted by atomic mass is 9.92. The number of amides is 1. The lowest BCUT2D eigenvalue weighted by Crippen LogP contribution is -2.63. The molecule has 0 aromatic heterocycles. The smallest absolute Gasteiger partial charge is 0.232 e. The van der Waals surface area contributed by atoms with E-state index in [1.807, 2.05) is 29.2 Å². The summed E-state index contributed by atoms with van der Waals surface area (Å²) in [5.41, 5.74) is 1.16. The number of hydrogen-bond donors (Lipinski definition) is 0. The van der Waals surface area contributed by atoms with Crippen molar-refractivity contribution in [2.75, 3.05) is 0 Å². The van der Waals surface area contributed by atoms with Crippen LogP contribution in [0.2, 0.25) is 18.1 Å². The standard InChI is InChI=1S/C24H33NO2SSi/c1-18(27-29(5,6)24(2,3)4)21-22(26)25(17-19-13-9-7-10-14-19)23(21)28-20-15-11-8-12-16-20/h7-16,18,21,23H,17H2,1-6H3/t18-,21+,23?/m1/s1. The summed E-state index contributed by atoms with van der Waals surface area (Å²) in [5, 5.41) is 0.213. The number of carbonyl (C=O) groups excluding carboxylic acids is 1. The normalized spacial score (nSPS) is 21.0. The van der Waals surface area contributed by atoms with Gasteiger partial charge in [0, 0.05) is 11.4 Å². The van der Waals surface area contributed by atoms with Gasteiger partial charge in [-0.1, -0.05) is 69.3 Å². The van der Waals surface area contributed by atoms with Crippen molar-refractivity contribution in [2.45, 2.75) is 68.7 Å². The molecular formula is C24H33NO2SSi. The molecule has 1 fully saturated rings. The molecule has 5 heteroatoms. The van der Waals surface area contributed by atoms with Crippen LogP contribution < -0.4 is 0 Å². The second-order valence-electron chi connectivity index (χ2n) is 9.38. The molecule has 0 N–H and O–H groups in total. The summed E-state index contributed by atoms with van der Waals surface area (Å²) in [6.07, 6.45) is -0.0865. The summed E-state index contributed by atoms with van der Waals surface area (Å²) >= 11 is 1.77. The summed E-state index contributed by atoms with van der Waals surface area (Å²) in [7, 11) is -1.94. The number of hydrogen-bond acceptors (Lipinski definition) is 3. The number of nitrogens with zero attached hydrogens (tertiary/aromatic N) is 1. The van der Waals surface area contributed by atoms with E-state index in [1.54, 1.807) is 11.8 Å². The van der Waals surface area contributed by atoms with Gasteiger partial charge in [-0.3, -0.25) is 4.79 Å². The zero-order valence-electron chi connectivity index (χ0n) is 18.4. The van der Waals surface area contributed by atoms with Gasteiger partial charge in [0.05, 0.1) is 17.4 Å². The van der Waals surface area contributed by atoms with E-state index in [1.165, 1.54) is 4.90 Å². The molecule has 3 rings (SSSR count). The number of carbonyl (C=O) groups is 1. The molecule has 0 aliphatic carbocycles. The van der Waals surface area contributed by atoms with Crippen molar-refractivity contribution in [3.05, 3.63) is 66.2 Å². The maximum absolute atomic E-state index is 13.2. The van der Waals surface area contributed by atoms with Crippen LogP contribution in [0.25, 0.3) is 0 Å². The molecule has 1 heterocycles. The quantitative estimate of drug-likeness (QED) is 0.391. The van der Waals surface area contributed by atoms with Crippen LogP contribution in [-0.2, 0) is 15.8 Å². The molecule has 0 radical (unpaired) electrons. The fourth-order valence-electron chi connectivity index (χ4n) is 3.42. The molecule has 1 unspecified atom stereocenters. The summed E-state index contributed by atoms with van der Waals surface area (Å²) in [5.74, 6) is 0.0894. The van der Waals surface area contributed by atoms with Crippen LogP contribution in [0.4, 0.5) is 0 Å². The van der Waals surface area contributed by atoms with E-state index in [0.29, 0.717) is 6.54 Å². The fourth-order valence-corrected chi connectivity index (χ4v) is 6.23. The van der Waals surface area contributed by atoms with E-state index in [-0.39, 0.29) is 28.3 Å². The third-order valence-corrected chi connectivity index (χ3v) is 12.1. The van der Waals surface area contributed by atoms with E-state index in [0.717, 1.165) is 5.56 Å². The molecule has 0 saturated carbocycles. The van der Waals surface area contributed by atoms with Crippen molar-refractivity contribution in [2.24, 2.45) is 5.92 Å². The van der Waals surface area contributed by atoms with Gasteiger partial charge in [-0.25, -0.2) is 0 Å². The van der Waals surface area contributed by atoms with Gasteiger partial charge in [0.15, 0.2) is 8.32 Å². The fraction of sp³-hybridized carbons (Fsp3) is 0.458. The van der Waals surface area contributed by atoms with Crippen molar-refractivity contribution in [1.82, 2.24) is 4.90 Å². The van der Waals surface area contributed by atoms with Gasteiger partial charge in [-0.15, -0.1) is 11.8 Å². The average Bonchev–Trinajstić information content (AvgIpc) is 2.66. The van der Waals surface area contributed by atoms with Gasteiger partial charge < -0.3 is 9.33 Å². The summed E-state index contributed by atoms with van der Waals surface area (Å²) < 4.78 is 6.62. The van der Waals surface area contributed by atoms with Crippen LogP contribution >= 0.6 is 11.8 Å². The van der Waals surface area contributed by atoms with Crippen molar-refractivity contribution >= 4 is 26.0 Å². The highest BCUT2D eigenvalue weighted by atomic mass is 32.2. The maximum atomic E-state index is 13.2. The number of thioether (sulfide) groups is 1. The topological polar surface area (TPSA) is 29.5 Å². The van der Waals surface area contributed by atoms with Crippen LogP contribution in [0.3, 0.4) is 0 Å². The van der Waals surface area contributed by atoms with E-state index in [9.17, 15) is 4.79 Å². The van der Waals surface area contributed by atoms with E-state index < -0.39 is 8.32 Å². The van der Waals surface area contributed by atoms with E-state index >= 15 is 0 Å². The molecule has 0 bridgehead atoms. The Morgan fingerprint density at radius 1 is 1.03 bits per heavy atom. The van der Waals surface area contributed by atoms with Crippen LogP contribution in [0.5, 0.6) is 0 Å². The van der Waals surface area contributed by atoms with E-state index in [4.69, 9.17) is 4.43 Å². The molecule has 2 aromatic rings. The molecule has 156 valence electrons. The molecule has 1 aliphatic heterocycles. The molecule has 1 amide bonds. The molecule has 0 spiro atoms. The number of rotatable bonds is 7. The largest absolute Gasteiger partial charge is 0.413 e. The van der Waals surface area contributed by atoms with Crippen LogP contribution in [-0.4, -0.2) is 30.6 Å². The summed E-state index contributed by atoms with van der Waals surface area (Å²) in [6, 6.07) is 20.6. The molecule has 3 atom stereocenters. The Morgan fingerprint density at radius 2 is 1.59 bits per heavy atom. The minimum Gasteiger partial charge on any atom is -0.413 e. The predicted octanol–water partition coefficient (Wildman–Crippen LogP) is 6.17. The first-order chi connectivity index (χ1) is 13.6. The maximum Gasteiger partial charge on any atom is 0.232 e. The third kappa shape index (κ3) is 4.96. The molecule has 29 heavy (non-hydrogen) atoms. The SMILES string of the molecule is C[C@@H](O[Si](C)(C)C(C)(C)C)[C@H]1C(=O)N(Cc2ccccc2)C1Sc1ccccc1. The van der Waals surface area contributed by atoms with E-state index in [2.05, 4.69) is 77.2 Å². The molecular weight excluding hydrogens is 394 g/mol. The van der Waals surface area contributed by atoms with Gasteiger partial charge in [0.2, 0.25) is 5.91 Å². The molecule has 2 aromatic carbocycles. The lowest BCUT2D eigenvalue weighted by molar-refractivity contribution is -0.157. The Balaban J connectivity index is 1.80. The molecule has 1 aliphatic rings. The zero-order valence-corrected chi connectivity index (χ0v) is 20.2. The second-order valence-corrected chi connectivity index (χ2v) is 15.3. The molecule has 1 saturated heterocycles. The zero-order chi connectivity index (χ0) is 21.2. The van der Waals surface area contributed by atoms with Crippen molar-refractivity contribution in [3.63, 3.8) is 0 Å². The first kappa shape index (κ1) is 22.1. The Hall–Kier alpha value is -1.56. The molecule has 3 nitrogen and oxygen atoms in total. The van der Waals surface area contributed by atoms with Gasteiger partial charge in [-0.05, 0) is 42.8 Å². The monoisotopic (exact) mass is 427 g/mol. The lowest BCUT2D eigenvalue weighted by Gasteiger charge is -2.51. The minimum absolute atomic E-state index is 0.0865. The van der Waals surface area contributed by atoms with Gasteiger partial charge >= 0.3 is 0 Å². The third-order valence-electron chi connectivity index (χ3n) is 6.17. The predicted molar refractivity (Wildman–Crippen MR) is 124 cm³/mol. The van der Waals surface area contributed by atoms with Crippen molar-refractivity contribution < 1.29 is 9.22 Å². The Morgan fingerprint density at radius 3 is 2.14 bits per heavy atom. The summed E-state index contributed by atoms with van der Waals surface area (Å²) in [6.45, 7) is 14.0. The highest BCUT2D eigenvalue weighted by Crippen LogP contribution is 2.45. The van der Waals surface area contributed by atoms with Crippen LogP contribution in [0.1, 0.15) is 33.3 Å². The number of benzene rings is 2. The number of likely N-dealkylation sites (tertiary alicyclic amines) is 1. The average molecular weight is 428 g/mol. The second kappa shape index (κ2) is 8.66. The first-order valence-corrected chi connectivity index (χ1v) is 14.1. The van der Waals surface area contributed by atoms with Crippen molar-refractivity contribution in [1.29, 1.82) is 0 Å². The van der Waals surface area contributed by atoms with Gasteiger partial charge in [0.25, 0.3) is 0 Å². The van der Waals surface area contributed by atoms with Crippen LogP contribution in [0, 0.1) is 5.92 Å². The van der Waals surface area contributed by atoms with Gasteiger partial charge in [-0.2, -0.15) is 0 Å². The van der Waals surface area contributed by atoms with Gasteiger partial charge in [0.1, 0.15) is 0 Å². The first-order valence-electron chi connectivity index (χ1n) is 10.3. The summed E-state index contributed by atoms with van der Waals surface area (Å²) in [4.78, 5) is 16.4. The highest BCUT2D eigenvalue weighted by Gasteiger charge is 2.52. The minimum atomic E-state index is -1.94. The Kier molecular flexibility index (Phi) is 6.61.